The molecule has 0 bridgehead atoms. The Labute approximate surface area is 107 Å². The van der Waals surface area contributed by atoms with Crippen molar-refractivity contribution in [1.29, 1.82) is 0 Å². The molecule has 0 saturated heterocycles. The maximum absolute atomic E-state index is 4.26. The van der Waals surface area contributed by atoms with Crippen LogP contribution in [0.15, 0.2) is 29.4 Å². The Morgan fingerprint density at radius 3 is 3.18 bits per heavy atom. The van der Waals surface area contributed by atoms with Crippen LogP contribution in [0.25, 0.3) is 0 Å². The van der Waals surface area contributed by atoms with Crippen LogP contribution in [-0.2, 0) is 19.5 Å². The van der Waals surface area contributed by atoms with E-state index < -0.39 is 0 Å². The maximum Gasteiger partial charge on any atom is 0.0794 e. The van der Waals surface area contributed by atoms with Crippen LogP contribution in [0.1, 0.15) is 24.6 Å². The number of aromatic nitrogens is 2. The van der Waals surface area contributed by atoms with E-state index in [2.05, 4.69) is 45.6 Å². The van der Waals surface area contributed by atoms with Crippen molar-refractivity contribution < 1.29 is 0 Å². The fraction of sp³-hybridized carbons (Fsp3) is 0.462. The summed E-state index contributed by atoms with van der Waals surface area (Å²) in [6.45, 7) is 5.24. The van der Waals surface area contributed by atoms with Crippen LogP contribution < -0.4 is 5.32 Å². The second kappa shape index (κ2) is 6.57. The number of rotatable bonds is 7. The second-order valence-electron chi connectivity index (χ2n) is 4.16. The van der Waals surface area contributed by atoms with Gasteiger partial charge in [0.1, 0.15) is 0 Å². The first-order valence-electron chi connectivity index (χ1n) is 6.11. The van der Waals surface area contributed by atoms with Crippen molar-refractivity contribution in [3.8, 4) is 0 Å². The molecule has 1 N–H and O–H groups in total. The second-order valence-corrected chi connectivity index (χ2v) is 4.88. The van der Waals surface area contributed by atoms with Crippen LogP contribution in [0.4, 0.5) is 0 Å². The van der Waals surface area contributed by atoms with Gasteiger partial charge in [0.2, 0.25) is 0 Å². The Kier molecular flexibility index (Phi) is 4.76. The smallest absolute Gasteiger partial charge is 0.0794 e. The lowest BCUT2D eigenvalue weighted by Crippen LogP contribution is -2.16. The van der Waals surface area contributed by atoms with Crippen LogP contribution in [0.3, 0.4) is 0 Å². The molecule has 0 saturated carbocycles. The molecule has 0 aromatic carbocycles. The normalized spacial score (nSPS) is 10.9. The van der Waals surface area contributed by atoms with E-state index >= 15 is 0 Å². The highest BCUT2D eigenvalue weighted by atomic mass is 32.1. The molecule has 0 amide bonds. The summed E-state index contributed by atoms with van der Waals surface area (Å²) in [5, 5.41) is 5.56. The quantitative estimate of drug-likeness (QED) is 0.765. The summed E-state index contributed by atoms with van der Waals surface area (Å²) in [6, 6.07) is 2.19. The molecule has 2 aromatic heterocycles. The number of aryl methyl sites for hydroxylation is 1. The number of hydrogen-bond acceptors (Lipinski definition) is 3. The van der Waals surface area contributed by atoms with Crippen molar-refractivity contribution in [2.24, 2.45) is 0 Å². The first-order valence-corrected chi connectivity index (χ1v) is 7.05. The van der Waals surface area contributed by atoms with Crippen molar-refractivity contribution in [3.63, 3.8) is 0 Å². The van der Waals surface area contributed by atoms with Gasteiger partial charge in [-0.1, -0.05) is 6.92 Å². The minimum absolute atomic E-state index is 0.945. The van der Waals surface area contributed by atoms with Gasteiger partial charge < -0.3 is 9.88 Å². The average molecular weight is 249 g/mol. The molecule has 2 rings (SSSR count). The molecule has 0 atom stereocenters. The molecular formula is C13H19N3S. The van der Waals surface area contributed by atoms with E-state index in [0.29, 0.717) is 0 Å². The molecule has 0 aliphatic rings. The van der Waals surface area contributed by atoms with Crippen LogP contribution >= 0.6 is 11.3 Å². The lowest BCUT2D eigenvalue weighted by Gasteiger charge is -2.01. The molecule has 17 heavy (non-hydrogen) atoms. The van der Waals surface area contributed by atoms with E-state index in [1.54, 1.807) is 11.3 Å². The SMILES string of the molecule is CCCn1ccc(CNCCc2cscn2)c1. The summed E-state index contributed by atoms with van der Waals surface area (Å²) in [6.07, 6.45) is 6.57. The third kappa shape index (κ3) is 3.98. The summed E-state index contributed by atoms with van der Waals surface area (Å²) in [7, 11) is 0. The van der Waals surface area contributed by atoms with Gasteiger partial charge in [0, 0.05) is 43.8 Å². The molecular weight excluding hydrogens is 230 g/mol. The summed E-state index contributed by atoms with van der Waals surface area (Å²) in [5.41, 5.74) is 4.43. The van der Waals surface area contributed by atoms with Crippen LogP contribution in [0, 0.1) is 0 Å². The average Bonchev–Trinajstić information content (AvgIpc) is 2.96. The van der Waals surface area contributed by atoms with Crippen molar-refractivity contribution >= 4 is 11.3 Å². The van der Waals surface area contributed by atoms with Gasteiger partial charge in [-0.3, -0.25) is 0 Å². The molecule has 0 aliphatic heterocycles. The summed E-state index contributed by atoms with van der Waals surface area (Å²) >= 11 is 1.66. The molecule has 3 nitrogen and oxygen atoms in total. The third-order valence-electron chi connectivity index (χ3n) is 2.66. The fourth-order valence-electron chi connectivity index (χ4n) is 1.80. The zero-order valence-corrected chi connectivity index (χ0v) is 11.0. The van der Waals surface area contributed by atoms with E-state index in [1.807, 2.05) is 5.51 Å². The Bertz CT molecular complexity index is 420. The lowest BCUT2D eigenvalue weighted by atomic mass is 10.3. The number of thiazole rings is 1. The van der Waals surface area contributed by atoms with E-state index in [9.17, 15) is 0 Å². The van der Waals surface area contributed by atoms with E-state index in [0.717, 1.165) is 26.1 Å². The lowest BCUT2D eigenvalue weighted by molar-refractivity contribution is 0.664. The maximum atomic E-state index is 4.26. The topological polar surface area (TPSA) is 29.9 Å². The van der Waals surface area contributed by atoms with E-state index in [4.69, 9.17) is 0 Å². The van der Waals surface area contributed by atoms with Gasteiger partial charge in [0.05, 0.1) is 11.2 Å². The molecule has 2 aromatic rings. The predicted octanol–water partition coefficient (Wildman–Crippen LogP) is 2.69. The van der Waals surface area contributed by atoms with Crippen LogP contribution in [0.2, 0.25) is 0 Å². The predicted molar refractivity (Wildman–Crippen MR) is 72.2 cm³/mol. The van der Waals surface area contributed by atoms with Gasteiger partial charge in [0.25, 0.3) is 0 Å². The Morgan fingerprint density at radius 2 is 2.41 bits per heavy atom. The summed E-state index contributed by atoms with van der Waals surface area (Å²) in [4.78, 5) is 4.26. The highest BCUT2D eigenvalue weighted by Crippen LogP contribution is 2.03. The monoisotopic (exact) mass is 249 g/mol. The van der Waals surface area contributed by atoms with Gasteiger partial charge in [-0.2, -0.15) is 0 Å². The van der Waals surface area contributed by atoms with Gasteiger partial charge in [-0.25, -0.2) is 4.98 Å². The Balaban J connectivity index is 1.67. The highest BCUT2D eigenvalue weighted by molar-refractivity contribution is 7.07. The third-order valence-corrected chi connectivity index (χ3v) is 3.30. The molecule has 0 aliphatic carbocycles. The highest BCUT2D eigenvalue weighted by Gasteiger charge is 1.97. The van der Waals surface area contributed by atoms with Crippen LogP contribution in [-0.4, -0.2) is 16.1 Å². The van der Waals surface area contributed by atoms with E-state index in [1.165, 1.54) is 17.7 Å². The molecule has 0 unspecified atom stereocenters. The van der Waals surface area contributed by atoms with Gasteiger partial charge in [-0.15, -0.1) is 11.3 Å². The number of nitrogens with zero attached hydrogens (tertiary/aromatic N) is 2. The van der Waals surface area contributed by atoms with Gasteiger partial charge in [0.15, 0.2) is 0 Å². The molecule has 0 fully saturated rings. The van der Waals surface area contributed by atoms with Gasteiger partial charge in [-0.05, 0) is 18.1 Å². The molecule has 92 valence electrons. The number of hydrogen-bond donors (Lipinski definition) is 1. The van der Waals surface area contributed by atoms with Crippen molar-refractivity contribution in [2.45, 2.75) is 32.9 Å². The molecule has 0 spiro atoms. The van der Waals surface area contributed by atoms with E-state index in [-0.39, 0.29) is 0 Å². The van der Waals surface area contributed by atoms with Gasteiger partial charge >= 0.3 is 0 Å². The Hall–Kier alpha value is -1.13. The minimum Gasteiger partial charge on any atom is -0.354 e. The number of nitrogens with one attached hydrogen (secondary N) is 1. The Morgan fingerprint density at radius 1 is 1.47 bits per heavy atom. The first-order chi connectivity index (χ1) is 8.38. The zero-order valence-electron chi connectivity index (χ0n) is 10.2. The largest absolute Gasteiger partial charge is 0.354 e. The molecule has 2 heterocycles. The standard InChI is InChI=1S/C13H19N3S/c1-2-6-16-7-4-12(9-16)8-14-5-3-13-10-17-11-15-13/h4,7,9-11,14H,2-3,5-6,8H2,1H3. The van der Waals surface area contributed by atoms with Crippen LogP contribution in [0.5, 0.6) is 0 Å². The van der Waals surface area contributed by atoms with Crippen molar-refractivity contribution in [3.05, 3.63) is 40.6 Å². The zero-order chi connectivity index (χ0) is 11.9. The minimum atomic E-state index is 0.945. The first kappa shape index (κ1) is 12.3. The molecule has 0 radical (unpaired) electrons. The summed E-state index contributed by atoms with van der Waals surface area (Å²) in [5.74, 6) is 0. The van der Waals surface area contributed by atoms with Crippen molar-refractivity contribution in [1.82, 2.24) is 14.9 Å². The fourth-order valence-corrected chi connectivity index (χ4v) is 2.40. The van der Waals surface area contributed by atoms with Crippen molar-refractivity contribution in [2.75, 3.05) is 6.54 Å². The molecule has 4 heteroatoms. The summed E-state index contributed by atoms with van der Waals surface area (Å²) < 4.78 is 2.25.